The van der Waals surface area contributed by atoms with E-state index in [9.17, 15) is 4.79 Å². The topological polar surface area (TPSA) is 17.1 Å². The molecule has 1 nitrogen and oxygen atoms in total. The van der Waals surface area contributed by atoms with Gasteiger partial charge >= 0.3 is 0 Å². The fourth-order valence-corrected chi connectivity index (χ4v) is 1.27. The predicted molar refractivity (Wildman–Crippen MR) is 56.9 cm³/mol. The summed E-state index contributed by atoms with van der Waals surface area (Å²) in [5.74, 6) is 0.0833. The summed E-state index contributed by atoms with van der Waals surface area (Å²) in [6.07, 6.45) is 2.42. The Hall–Kier alpha value is -0.633. The molecule has 0 N–H and O–H groups in total. The number of hydrogen-bond donors (Lipinski definition) is 0. The van der Waals surface area contributed by atoms with Crippen molar-refractivity contribution in [2.24, 2.45) is 0 Å². The molecule has 0 spiro atoms. The van der Waals surface area contributed by atoms with Crippen LogP contribution in [0, 0.1) is 0 Å². The van der Waals surface area contributed by atoms with Gasteiger partial charge in [0, 0.05) is 0 Å². The maximum Gasteiger partial charge on any atom is 0.180 e. The minimum Gasteiger partial charge on any atom is -0.290 e. The Balaban J connectivity index is 4.19. The summed E-state index contributed by atoms with van der Waals surface area (Å²) in [7, 11) is -1.22. The van der Waals surface area contributed by atoms with Crippen LogP contribution in [0.1, 0.15) is 13.3 Å². The molecule has 12 heavy (non-hydrogen) atoms. The first kappa shape index (κ1) is 11.4. The molecule has 2 heteroatoms. The maximum atomic E-state index is 11.3. The molecule has 0 fully saturated rings. The Morgan fingerprint density at radius 1 is 1.42 bits per heavy atom. The van der Waals surface area contributed by atoms with Crippen LogP contribution in [-0.2, 0) is 4.79 Å². The van der Waals surface area contributed by atoms with Gasteiger partial charge in [-0.3, -0.25) is 4.79 Å². The highest BCUT2D eigenvalue weighted by atomic mass is 28.3. The van der Waals surface area contributed by atoms with Gasteiger partial charge in [0.25, 0.3) is 0 Å². The van der Waals surface area contributed by atoms with Crippen LogP contribution >= 0.6 is 0 Å². The number of carbonyl (C=O) groups excluding carboxylic acids is 1. The molecule has 0 radical (unpaired) electrons. The van der Waals surface area contributed by atoms with Gasteiger partial charge in [-0.25, -0.2) is 0 Å². The molecular weight excluding hydrogens is 164 g/mol. The second-order valence-corrected chi connectivity index (χ2v) is 9.09. The Labute approximate surface area is 76.2 Å². The van der Waals surface area contributed by atoms with Crippen LogP contribution < -0.4 is 0 Å². The zero-order chi connectivity index (χ0) is 9.78. The van der Waals surface area contributed by atoms with Crippen molar-refractivity contribution in [1.82, 2.24) is 0 Å². The van der Waals surface area contributed by atoms with Crippen molar-refractivity contribution in [1.29, 1.82) is 0 Å². The molecule has 0 saturated heterocycles. The van der Waals surface area contributed by atoms with Crippen LogP contribution in [0.5, 0.6) is 0 Å². The van der Waals surface area contributed by atoms with Crippen molar-refractivity contribution in [3.05, 3.63) is 23.9 Å². The van der Waals surface area contributed by atoms with E-state index in [1.165, 1.54) is 0 Å². The molecule has 0 aliphatic carbocycles. The van der Waals surface area contributed by atoms with Gasteiger partial charge in [-0.1, -0.05) is 38.8 Å². The molecule has 68 valence electrons. The molecule has 0 unspecified atom stereocenters. The first-order valence-electron chi connectivity index (χ1n) is 4.28. The molecular formula is C10H18OSi. The van der Waals surface area contributed by atoms with E-state index >= 15 is 0 Å². The molecule has 0 aromatic carbocycles. The Bertz CT molecular complexity index is 208. The summed E-state index contributed by atoms with van der Waals surface area (Å²) >= 11 is 0. The van der Waals surface area contributed by atoms with Gasteiger partial charge in [-0.2, -0.15) is 0 Å². The number of ketones is 1. The first-order chi connectivity index (χ1) is 5.37. The smallest absolute Gasteiger partial charge is 0.180 e. The zero-order valence-corrected chi connectivity index (χ0v) is 9.48. The monoisotopic (exact) mass is 182 g/mol. The molecule has 0 heterocycles. The van der Waals surface area contributed by atoms with Crippen molar-refractivity contribution in [2.45, 2.75) is 33.0 Å². The van der Waals surface area contributed by atoms with Crippen LogP contribution in [0.3, 0.4) is 0 Å². The van der Waals surface area contributed by atoms with Crippen molar-refractivity contribution in [3.63, 3.8) is 0 Å². The standard InChI is InChI=1S/C10H18OSi/c1-6-9(2)10(11)7-8-12(3,4)5/h7-8H,2,6H2,1,3-5H3/b8-7+. The lowest BCUT2D eigenvalue weighted by Gasteiger charge is -2.07. The van der Waals surface area contributed by atoms with Gasteiger partial charge in [0.15, 0.2) is 5.78 Å². The second-order valence-electron chi connectivity index (χ2n) is 4.02. The quantitative estimate of drug-likeness (QED) is 0.482. The predicted octanol–water partition coefficient (Wildman–Crippen LogP) is 2.96. The van der Waals surface area contributed by atoms with Crippen molar-refractivity contribution >= 4 is 13.9 Å². The van der Waals surface area contributed by atoms with E-state index in [4.69, 9.17) is 0 Å². The zero-order valence-electron chi connectivity index (χ0n) is 8.48. The lowest BCUT2D eigenvalue weighted by atomic mass is 10.1. The molecule has 0 aliphatic rings. The van der Waals surface area contributed by atoms with Gasteiger partial charge in [0.1, 0.15) is 0 Å². The first-order valence-corrected chi connectivity index (χ1v) is 7.86. The third-order valence-corrected chi connectivity index (χ3v) is 2.68. The lowest BCUT2D eigenvalue weighted by molar-refractivity contribution is -0.111. The van der Waals surface area contributed by atoms with E-state index in [-0.39, 0.29) is 5.78 Å². The fourth-order valence-electron chi connectivity index (χ4n) is 0.618. The number of allylic oxidation sites excluding steroid dienone is 2. The van der Waals surface area contributed by atoms with E-state index in [0.717, 1.165) is 6.42 Å². The van der Waals surface area contributed by atoms with Crippen LogP contribution in [0.15, 0.2) is 23.9 Å². The summed E-state index contributed by atoms with van der Waals surface area (Å²) in [5.41, 5.74) is 2.75. The Kier molecular flexibility index (Phi) is 4.17. The van der Waals surface area contributed by atoms with Gasteiger partial charge in [0.05, 0.1) is 8.07 Å². The van der Waals surface area contributed by atoms with Gasteiger partial charge in [0.2, 0.25) is 0 Å². The Morgan fingerprint density at radius 2 is 1.92 bits per heavy atom. The summed E-state index contributed by atoms with van der Waals surface area (Å²) < 4.78 is 0. The minimum atomic E-state index is -1.22. The van der Waals surface area contributed by atoms with Crippen molar-refractivity contribution < 1.29 is 4.79 Å². The van der Waals surface area contributed by atoms with Crippen LogP contribution in [0.25, 0.3) is 0 Å². The van der Waals surface area contributed by atoms with E-state index in [2.05, 4.69) is 31.9 Å². The molecule has 0 aliphatic heterocycles. The van der Waals surface area contributed by atoms with Crippen LogP contribution in [-0.4, -0.2) is 13.9 Å². The molecule has 0 aromatic rings. The summed E-state index contributed by atoms with van der Waals surface area (Å²) in [6, 6.07) is 0. The SMILES string of the molecule is C=C(CC)C(=O)/C=C/[Si](C)(C)C. The molecule has 0 rings (SSSR count). The average Bonchev–Trinajstić information content (AvgIpc) is 1.97. The van der Waals surface area contributed by atoms with Gasteiger partial charge in [-0.15, -0.1) is 0 Å². The molecule has 0 bridgehead atoms. The largest absolute Gasteiger partial charge is 0.290 e. The molecule has 0 saturated carbocycles. The van der Waals surface area contributed by atoms with Gasteiger partial charge in [-0.05, 0) is 18.1 Å². The molecule has 0 aromatic heterocycles. The lowest BCUT2D eigenvalue weighted by Crippen LogP contribution is -2.16. The maximum absolute atomic E-state index is 11.3. The number of rotatable bonds is 4. The summed E-state index contributed by atoms with van der Waals surface area (Å²) in [5, 5.41) is 0. The molecule has 0 amide bonds. The highest BCUT2D eigenvalue weighted by Gasteiger charge is 2.08. The number of hydrogen-bond acceptors (Lipinski definition) is 1. The van der Waals surface area contributed by atoms with Crippen LogP contribution in [0.4, 0.5) is 0 Å². The van der Waals surface area contributed by atoms with E-state index in [1.807, 2.05) is 6.92 Å². The third-order valence-electron chi connectivity index (χ3n) is 1.51. The highest BCUT2D eigenvalue weighted by Crippen LogP contribution is 2.05. The third kappa shape index (κ3) is 5.08. The highest BCUT2D eigenvalue weighted by molar-refractivity contribution is 6.81. The fraction of sp³-hybridized carbons (Fsp3) is 0.500. The van der Waals surface area contributed by atoms with Crippen LogP contribution in [0.2, 0.25) is 19.6 Å². The summed E-state index contributed by atoms with van der Waals surface area (Å²) in [4.78, 5) is 11.3. The second kappa shape index (κ2) is 4.41. The number of carbonyl (C=O) groups is 1. The molecule has 0 atom stereocenters. The van der Waals surface area contributed by atoms with Crippen molar-refractivity contribution in [2.75, 3.05) is 0 Å². The van der Waals surface area contributed by atoms with Crippen molar-refractivity contribution in [3.8, 4) is 0 Å². The Morgan fingerprint density at radius 3 is 2.25 bits per heavy atom. The summed E-state index contributed by atoms with van der Waals surface area (Å²) in [6.45, 7) is 12.2. The van der Waals surface area contributed by atoms with E-state index in [0.29, 0.717) is 5.57 Å². The normalized spacial score (nSPS) is 12.0. The minimum absolute atomic E-state index is 0.0833. The average molecular weight is 182 g/mol. The van der Waals surface area contributed by atoms with E-state index < -0.39 is 8.07 Å². The van der Waals surface area contributed by atoms with E-state index in [1.54, 1.807) is 6.08 Å². The van der Waals surface area contributed by atoms with Gasteiger partial charge < -0.3 is 0 Å².